The fourth-order valence-corrected chi connectivity index (χ4v) is 1.79. The third-order valence-corrected chi connectivity index (χ3v) is 3.62. The maximum absolute atomic E-state index is 11.5. The summed E-state index contributed by atoms with van der Waals surface area (Å²) in [5.41, 5.74) is 4.30. The van der Waals surface area contributed by atoms with Gasteiger partial charge in [0.1, 0.15) is 5.60 Å². The van der Waals surface area contributed by atoms with Gasteiger partial charge in [0.05, 0.1) is 26.3 Å². The highest BCUT2D eigenvalue weighted by atomic mass is 16.6. The minimum atomic E-state index is -0.521. The molecule has 10 nitrogen and oxygen atoms in total. The normalized spacial score (nSPS) is 11.7. The first-order chi connectivity index (χ1) is 14.1. The number of hydrogen-bond donors (Lipinski definition) is 4. The molecule has 0 radical (unpaired) electrons. The second kappa shape index (κ2) is 15.0. The molecule has 10 heteroatoms. The summed E-state index contributed by atoms with van der Waals surface area (Å²) in [5, 5.41) is 8.67. The number of esters is 2. The summed E-state index contributed by atoms with van der Waals surface area (Å²) in [6.07, 6.45) is -0.474. The van der Waals surface area contributed by atoms with Gasteiger partial charge in [-0.25, -0.2) is 4.79 Å². The van der Waals surface area contributed by atoms with Gasteiger partial charge >= 0.3 is 18.0 Å². The van der Waals surface area contributed by atoms with Crippen molar-refractivity contribution in [3.8, 4) is 0 Å². The van der Waals surface area contributed by atoms with E-state index in [1.165, 1.54) is 0 Å². The van der Waals surface area contributed by atoms with Crippen LogP contribution in [0.1, 0.15) is 62.3 Å². The van der Waals surface area contributed by atoms with Gasteiger partial charge in [0, 0.05) is 24.2 Å². The zero-order chi connectivity index (χ0) is 24.7. The maximum atomic E-state index is 11.5. The van der Waals surface area contributed by atoms with Crippen LogP contribution in [0.2, 0.25) is 0 Å². The number of amides is 1. The van der Waals surface area contributed by atoms with E-state index in [1.54, 1.807) is 34.6 Å². The summed E-state index contributed by atoms with van der Waals surface area (Å²) in [7, 11) is 0. The number of carbonyl (C=O) groups is 3. The summed E-state index contributed by atoms with van der Waals surface area (Å²) in [4.78, 5) is 33.6. The van der Waals surface area contributed by atoms with Crippen LogP contribution in [-0.4, -0.2) is 74.1 Å². The molecule has 0 heterocycles. The fourth-order valence-electron chi connectivity index (χ4n) is 1.79. The van der Waals surface area contributed by atoms with E-state index in [4.69, 9.17) is 19.9 Å². The Morgan fingerprint density at radius 1 is 0.774 bits per heavy atom. The molecule has 5 N–H and O–H groups in total. The molecule has 0 aliphatic rings. The first-order valence-corrected chi connectivity index (χ1v) is 10.6. The number of ether oxygens (including phenoxy) is 3. The molecule has 184 valence electrons. The lowest BCUT2D eigenvalue weighted by molar-refractivity contribution is -0.143. The lowest BCUT2D eigenvalue weighted by Crippen LogP contribution is -2.51. The summed E-state index contributed by atoms with van der Waals surface area (Å²) >= 11 is 0. The van der Waals surface area contributed by atoms with Crippen LogP contribution in [-0.2, 0) is 23.8 Å². The SMILES string of the molecule is CCOC(=O)CNC(C)(C)CN.CCOC(=O)CNC(C)(C)CNC(=O)OC(C)(C)C. The molecule has 0 aromatic carbocycles. The van der Waals surface area contributed by atoms with E-state index in [9.17, 15) is 14.4 Å². The molecule has 0 saturated carbocycles. The molecule has 31 heavy (non-hydrogen) atoms. The van der Waals surface area contributed by atoms with E-state index in [-0.39, 0.29) is 30.6 Å². The summed E-state index contributed by atoms with van der Waals surface area (Å²) < 4.78 is 14.7. The summed E-state index contributed by atoms with van der Waals surface area (Å²) in [6, 6.07) is 0. The molecule has 0 bridgehead atoms. The smallest absolute Gasteiger partial charge is 0.407 e. The second-order valence-electron chi connectivity index (χ2n) is 9.14. The molecule has 0 rings (SSSR count). The van der Waals surface area contributed by atoms with E-state index >= 15 is 0 Å². The Labute approximate surface area is 187 Å². The fraction of sp³-hybridized carbons (Fsp3) is 0.857. The predicted molar refractivity (Wildman–Crippen MR) is 121 cm³/mol. The molecule has 0 fully saturated rings. The van der Waals surface area contributed by atoms with Gasteiger partial charge in [-0.3, -0.25) is 9.59 Å². The predicted octanol–water partition coefficient (Wildman–Crippen LogP) is 1.32. The van der Waals surface area contributed by atoms with Crippen LogP contribution >= 0.6 is 0 Å². The average molecular weight is 449 g/mol. The van der Waals surface area contributed by atoms with Crippen molar-refractivity contribution < 1.29 is 28.6 Å². The third kappa shape index (κ3) is 21.1. The number of rotatable bonds is 11. The molecular weight excluding hydrogens is 404 g/mol. The molecule has 0 saturated heterocycles. The van der Waals surface area contributed by atoms with E-state index in [0.717, 1.165) is 0 Å². The number of nitrogens with two attached hydrogens (primary N) is 1. The number of hydrogen-bond acceptors (Lipinski definition) is 9. The van der Waals surface area contributed by atoms with Crippen LogP contribution in [0, 0.1) is 0 Å². The van der Waals surface area contributed by atoms with Crippen LogP contribution in [0.3, 0.4) is 0 Å². The van der Waals surface area contributed by atoms with E-state index < -0.39 is 17.2 Å². The highest BCUT2D eigenvalue weighted by molar-refractivity contribution is 5.72. The molecular formula is C21H44N4O6. The Hall–Kier alpha value is -1.91. The Bertz CT molecular complexity index is 544. The molecule has 0 atom stereocenters. The molecule has 0 aromatic heterocycles. The zero-order valence-electron chi connectivity index (χ0n) is 20.8. The van der Waals surface area contributed by atoms with Crippen LogP contribution in [0.5, 0.6) is 0 Å². The van der Waals surface area contributed by atoms with Crippen molar-refractivity contribution in [3.05, 3.63) is 0 Å². The molecule has 0 aromatic rings. The van der Waals surface area contributed by atoms with Gasteiger partial charge in [-0.1, -0.05) is 0 Å². The standard InChI is InChI=1S/C13H26N2O4.C8H18N2O2/c1-7-18-10(16)8-15-13(5,6)9-14-11(17)19-12(2,3)4;1-4-12-7(11)5-10-8(2,3)6-9/h15H,7-9H2,1-6H3,(H,14,17);10H,4-6,9H2,1-3H3. The lowest BCUT2D eigenvalue weighted by Gasteiger charge is -2.27. The first kappa shape index (κ1) is 31.3. The average Bonchev–Trinajstić information content (AvgIpc) is 2.63. The number of nitrogens with one attached hydrogen (secondary N) is 3. The largest absolute Gasteiger partial charge is 0.465 e. The minimum absolute atomic E-state index is 0.108. The van der Waals surface area contributed by atoms with Crippen LogP contribution < -0.4 is 21.7 Å². The Balaban J connectivity index is 0. The monoisotopic (exact) mass is 448 g/mol. The van der Waals surface area contributed by atoms with E-state index in [0.29, 0.717) is 26.3 Å². The van der Waals surface area contributed by atoms with Crippen molar-refractivity contribution in [2.75, 3.05) is 39.4 Å². The first-order valence-electron chi connectivity index (χ1n) is 10.6. The van der Waals surface area contributed by atoms with E-state index in [2.05, 4.69) is 16.0 Å². The quantitative estimate of drug-likeness (QED) is 0.272. The van der Waals surface area contributed by atoms with Gasteiger partial charge in [-0.05, 0) is 62.3 Å². The van der Waals surface area contributed by atoms with E-state index in [1.807, 2.05) is 27.7 Å². The maximum Gasteiger partial charge on any atom is 0.407 e. The highest BCUT2D eigenvalue weighted by Crippen LogP contribution is 2.07. The lowest BCUT2D eigenvalue weighted by atomic mass is 10.1. The topological polar surface area (TPSA) is 141 Å². The molecule has 0 aliphatic heterocycles. The second-order valence-corrected chi connectivity index (χ2v) is 9.14. The van der Waals surface area contributed by atoms with Gasteiger partial charge < -0.3 is 35.9 Å². The Kier molecular flexibility index (Phi) is 15.1. The van der Waals surface area contributed by atoms with Crippen LogP contribution in [0.4, 0.5) is 4.79 Å². The summed E-state index contributed by atoms with van der Waals surface area (Å²) in [5.74, 6) is -0.549. The van der Waals surface area contributed by atoms with Crippen molar-refractivity contribution in [1.82, 2.24) is 16.0 Å². The molecule has 0 unspecified atom stereocenters. The minimum Gasteiger partial charge on any atom is -0.465 e. The van der Waals surface area contributed by atoms with Gasteiger partial charge in [0.15, 0.2) is 0 Å². The van der Waals surface area contributed by atoms with Crippen molar-refractivity contribution in [1.29, 1.82) is 0 Å². The molecule has 0 aliphatic carbocycles. The highest BCUT2D eigenvalue weighted by Gasteiger charge is 2.22. The van der Waals surface area contributed by atoms with Crippen molar-refractivity contribution >= 4 is 18.0 Å². The van der Waals surface area contributed by atoms with Crippen LogP contribution in [0.25, 0.3) is 0 Å². The Morgan fingerprint density at radius 3 is 1.55 bits per heavy atom. The zero-order valence-corrected chi connectivity index (χ0v) is 20.8. The van der Waals surface area contributed by atoms with Crippen molar-refractivity contribution in [3.63, 3.8) is 0 Å². The number of carbonyl (C=O) groups excluding carboxylic acids is 3. The molecule has 0 spiro atoms. The van der Waals surface area contributed by atoms with Gasteiger partial charge in [-0.2, -0.15) is 0 Å². The van der Waals surface area contributed by atoms with Gasteiger partial charge in [0.2, 0.25) is 0 Å². The van der Waals surface area contributed by atoms with Crippen molar-refractivity contribution in [2.45, 2.75) is 79.0 Å². The number of alkyl carbamates (subject to hydrolysis) is 1. The van der Waals surface area contributed by atoms with Gasteiger partial charge in [-0.15, -0.1) is 0 Å². The third-order valence-electron chi connectivity index (χ3n) is 3.62. The molecule has 1 amide bonds. The summed E-state index contributed by atoms with van der Waals surface area (Å²) in [6.45, 7) is 18.5. The van der Waals surface area contributed by atoms with Crippen molar-refractivity contribution in [2.24, 2.45) is 5.73 Å². The van der Waals surface area contributed by atoms with Gasteiger partial charge in [0.25, 0.3) is 0 Å². The van der Waals surface area contributed by atoms with Crippen LogP contribution in [0.15, 0.2) is 0 Å². The Morgan fingerprint density at radius 2 is 1.19 bits per heavy atom.